The van der Waals surface area contributed by atoms with E-state index in [0.717, 1.165) is 17.7 Å². The Hall–Kier alpha value is -0.830. The highest BCUT2D eigenvalue weighted by Crippen LogP contribution is 2.06. The third kappa shape index (κ3) is 2.56. The zero-order valence-corrected chi connectivity index (χ0v) is 9.39. The quantitative estimate of drug-likeness (QED) is 0.730. The van der Waals surface area contributed by atoms with Crippen LogP contribution in [0.15, 0.2) is 33.8 Å². The number of aromatic nitrogens is 1. The molecule has 3 heteroatoms. The molecule has 0 aliphatic heterocycles. The highest BCUT2D eigenvalue weighted by molar-refractivity contribution is 9.10. The summed E-state index contributed by atoms with van der Waals surface area (Å²) in [6.45, 7) is 8.33. The second kappa shape index (κ2) is 3.92. The van der Waals surface area contributed by atoms with Gasteiger partial charge in [0.05, 0.1) is 4.47 Å². The molecular formula is C10H12BrNO. The van der Waals surface area contributed by atoms with Gasteiger partial charge in [0.2, 0.25) is 0 Å². The first-order chi connectivity index (χ1) is 6.00. The van der Waals surface area contributed by atoms with E-state index in [9.17, 15) is 4.79 Å². The molecule has 1 aromatic heterocycles. The van der Waals surface area contributed by atoms with Crippen molar-refractivity contribution in [1.29, 1.82) is 0 Å². The molecule has 1 aromatic rings. The number of halogens is 1. The van der Waals surface area contributed by atoms with Gasteiger partial charge in [0, 0.05) is 24.5 Å². The minimum Gasteiger partial charge on any atom is -0.349 e. The van der Waals surface area contributed by atoms with Gasteiger partial charge in [-0.25, -0.2) is 0 Å². The molecule has 0 unspecified atom stereocenters. The van der Waals surface area contributed by atoms with Crippen molar-refractivity contribution < 1.29 is 0 Å². The van der Waals surface area contributed by atoms with Crippen molar-refractivity contribution in [3.05, 3.63) is 44.8 Å². The topological polar surface area (TPSA) is 22.0 Å². The second-order valence-corrected chi connectivity index (χ2v) is 4.10. The predicted octanol–water partition coefficient (Wildman–Crippen LogP) is 2.50. The van der Waals surface area contributed by atoms with Crippen molar-refractivity contribution in [2.45, 2.75) is 20.4 Å². The number of aryl methyl sites for hydroxylation is 1. The van der Waals surface area contributed by atoms with E-state index in [1.807, 2.05) is 24.6 Å². The Morgan fingerprint density at radius 2 is 2.23 bits per heavy atom. The van der Waals surface area contributed by atoms with Crippen LogP contribution in [-0.2, 0) is 6.54 Å². The SMILES string of the molecule is C=C(C)Cn1cc(C)c(=O)c(Br)c1. The van der Waals surface area contributed by atoms with E-state index in [1.54, 1.807) is 6.20 Å². The summed E-state index contributed by atoms with van der Waals surface area (Å²) in [6.07, 6.45) is 3.62. The Kier molecular flexibility index (Phi) is 3.09. The molecular weight excluding hydrogens is 230 g/mol. The van der Waals surface area contributed by atoms with Gasteiger partial charge in [0.15, 0.2) is 5.43 Å². The summed E-state index contributed by atoms with van der Waals surface area (Å²) in [5.74, 6) is 0. The summed E-state index contributed by atoms with van der Waals surface area (Å²) in [5, 5.41) is 0. The second-order valence-electron chi connectivity index (χ2n) is 3.25. The smallest absolute Gasteiger partial charge is 0.198 e. The van der Waals surface area contributed by atoms with Gasteiger partial charge in [-0.2, -0.15) is 0 Å². The lowest BCUT2D eigenvalue weighted by Crippen LogP contribution is -2.11. The van der Waals surface area contributed by atoms with Crippen molar-refractivity contribution >= 4 is 15.9 Å². The molecule has 0 aromatic carbocycles. The number of pyridine rings is 1. The van der Waals surface area contributed by atoms with Crippen LogP contribution in [0.4, 0.5) is 0 Å². The van der Waals surface area contributed by atoms with Gasteiger partial charge in [0.1, 0.15) is 0 Å². The van der Waals surface area contributed by atoms with E-state index in [1.165, 1.54) is 0 Å². The minimum absolute atomic E-state index is 0.0537. The molecule has 0 saturated carbocycles. The van der Waals surface area contributed by atoms with Gasteiger partial charge < -0.3 is 4.57 Å². The summed E-state index contributed by atoms with van der Waals surface area (Å²) in [4.78, 5) is 11.3. The van der Waals surface area contributed by atoms with Crippen LogP contribution in [0.3, 0.4) is 0 Å². The first-order valence-corrected chi connectivity index (χ1v) is 4.80. The van der Waals surface area contributed by atoms with E-state index in [0.29, 0.717) is 4.47 Å². The molecule has 2 nitrogen and oxygen atoms in total. The van der Waals surface area contributed by atoms with Gasteiger partial charge in [-0.1, -0.05) is 12.2 Å². The zero-order chi connectivity index (χ0) is 10.0. The van der Waals surface area contributed by atoms with Crippen LogP contribution >= 0.6 is 15.9 Å². The van der Waals surface area contributed by atoms with Crippen molar-refractivity contribution in [2.75, 3.05) is 0 Å². The molecule has 1 heterocycles. The van der Waals surface area contributed by atoms with Gasteiger partial charge in [-0.05, 0) is 29.8 Å². The van der Waals surface area contributed by atoms with E-state index in [4.69, 9.17) is 0 Å². The van der Waals surface area contributed by atoms with E-state index in [-0.39, 0.29) is 5.43 Å². The summed E-state index contributed by atoms with van der Waals surface area (Å²) < 4.78 is 2.55. The average Bonchev–Trinajstić information content (AvgIpc) is 1.98. The molecule has 13 heavy (non-hydrogen) atoms. The Morgan fingerprint density at radius 1 is 1.62 bits per heavy atom. The van der Waals surface area contributed by atoms with Crippen LogP contribution in [-0.4, -0.2) is 4.57 Å². The fourth-order valence-corrected chi connectivity index (χ4v) is 1.72. The first-order valence-electron chi connectivity index (χ1n) is 4.01. The molecule has 0 aliphatic rings. The van der Waals surface area contributed by atoms with Crippen molar-refractivity contribution in [3.63, 3.8) is 0 Å². The molecule has 1 rings (SSSR count). The number of hydrogen-bond donors (Lipinski definition) is 0. The van der Waals surface area contributed by atoms with Gasteiger partial charge in [-0.3, -0.25) is 4.79 Å². The Morgan fingerprint density at radius 3 is 2.69 bits per heavy atom. The third-order valence-corrected chi connectivity index (χ3v) is 2.23. The highest BCUT2D eigenvalue weighted by Gasteiger charge is 2.00. The van der Waals surface area contributed by atoms with E-state index < -0.39 is 0 Å². The molecule has 0 amide bonds. The lowest BCUT2D eigenvalue weighted by Gasteiger charge is -2.07. The number of hydrogen-bond acceptors (Lipinski definition) is 1. The molecule has 0 atom stereocenters. The summed E-state index contributed by atoms with van der Waals surface area (Å²) in [7, 11) is 0. The number of nitrogens with zero attached hydrogens (tertiary/aromatic N) is 1. The number of allylic oxidation sites excluding steroid dienone is 1. The summed E-state index contributed by atoms with van der Waals surface area (Å²) in [5.41, 5.74) is 1.86. The van der Waals surface area contributed by atoms with Crippen LogP contribution in [0.1, 0.15) is 12.5 Å². The Labute approximate surface area is 86.0 Å². The van der Waals surface area contributed by atoms with Crippen LogP contribution in [0.5, 0.6) is 0 Å². The van der Waals surface area contributed by atoms with Crippen molar-refractivity contribution in [3.8, 4) is 0 Å². The zero-order valence-electron chi connectivity index (χ0n) is 7.80. The largest absolute Gasteiger partial charge is 0.349 e. The Bertz CT molecular complexity index is 366. The molecule has 0 radical (unpaired) electrons. The summed E-state index contributed by atoms with van der Waals surface area (Å²) in [6, 6.07) is 0. The third-order valence-electron chi connectivity index (χ3n) is 1.67. The molecule has 0 bridgehead atoms. The van der Waals surface area contributed by atoms with Crippen LogP contribution in [0.2, 0.25) is 0 Å². The summed E-state index contributed by atoms with van der Waals surface area (Å²) >= 11 is 3.22. The van der Waals surface area contributed by atoms with Crippen LogP contribution in [0.25, 0.3) is 0 Å². The Balaban J connectivity index is 3.13. The van der Waals surface area contributed by atoms with Crippen LogP contribution < -0.4 is 5.43 Å². The molecule has 0 aliphatic carbocycles. The van der Waals surface area contributed by atoms with Gasteiger partial charge >= 0.3 is 0 Å². The molecule has 0 fully saturated rings. The highest BCUT2D eigenvalue weighted by atomic mass is 79.9. The molecule has 70 valence electrons. The van der Waals surface area contributed by atoms with Crippen LogP contribution in [0, 0.1) is 6.92 Å². The maximum absolute atomic E-state index is 11.3. The molecule has 0 N–H and O–H groups in total. The predicted molar refractivity (Wildman–Crippen MR) is 58.0 cm³/mol. The lowest BCUT2D eigenvalue weighted by atomic mass is 10.3. The minimum atomic E-state index is 0.0537. The average molecular weight is 242 g/mol. The van der Waals surface area contributed by atoms with Gasteiger partial charge in [0.25, 0.3) is 0 Å². The van der Waals surface area contributed by atoms with E-state index >= 15 is 0 Å². The van der Waals surface area contributed by atoms with Crippen molar-refractivity contribution in [2.24, 2.45) is 0 Å². The standard InChI is InChI=1S/C10H12BrNO/c1-7(2)4-12-5-8(3)10(13)9(11)6-12/h5-6H,1,4H2,2-3H3. The normalized spacial score (nSPS) is 10.1. The van der Waals surface area contributed by atoms with Crippen molar-refractivity contribution in [1.82, 2.24) is 4.57 Å². The molecule has 0 spiro atoms. The molecule has 0 saturated heterocycles. The fraction of sp³-hybridized carbons (Fsp3) is 0.300. The maximum atomic E-state index is 11.3. The van der Waals surface area contributed by atoms with E-state index in [2.05, 4.69) is 22.5 Å². The maximum Gasteiger partial charge on any atom is 0.198 e. The van der Waals surface area contributed by atoms with Gasteiger partial charge in [-0.15, -0.1) is 0 Å². The fourth-order valence-electron chi connectivity index (χ4n) is 1.14. The lowest BCUT2D eigenvalue weighted by molar-refractivity contribution is 0.767. The number of rotatable bonds is 2. The monoisotopic (exact) mass is 241 g/mol. The first kappa shape index (κ1) is 10.3.